The SMILES string of the molecule is [N-]=[N+]=N[C@H](COCCCCCCO)[C@@H](O)[C@H](O)C(=O)CO. The van der Waals surface area contributed by atoms with E-state index in [4.69, 9.17) is 20.5 Å². The Morgan fingerprint density at radius 1 is 1.19 bits per heavy atom. The van der Waals surface area contributed by atoms with Crippen LogP contribution in [0, 0.1) is 0 Å². The average molecular weight is 305 g/mol. The van der Waals surface area contributed by atoms with Crippen molar-refractivity contribution in [3.63, 3.8) is 0 Å². The van der Waals surface area contributed by atoms with E-state index in [1.54, 1.807) is 0 Å². The van der Waals surface area contributed by atoms with Gasteiger partial charge in [-0.25, -0.2) is 0 Å². The van der Waals surface area contributed by atoms with Gasteiger partial charge in [-0.2, -0.15) is 0 Å². The lowest BCUT2D eigenvalue weighted by molar-refractivity contribution is -0.137. The van der Waals surface area contributed by atoms with Crippen LogP contribution in [-0.4, -0.2) is 70.9 Å². The molecule has 0 aromatic rings. The van der Waals surface area contributed by atoms with Crippen molar-refractivity contribution in [2.45, 2.75) is 43.9 Å². The van der Waals surface area contributed by atoms with Gasteiger partial charge in [0.15, 0.2) is 5.78 Å². The molecular weight excluding hydrogens is 282 g/mol. The number of aliphatic hydroxyl groups excluding tert-OH is 4. The highest BCUT2D eigenvalue weighted by molar-refractivity contribution is 5.84. The quantitative estimate of drug-likeness (QED) is 0.156. The third-order valence-electron chi connectivity index (χ3n) is 2.89. The molecule has 3 atom stereocenters. The molecule has 0 aliphatic heterocycles. The lowest BCUT2D eigenvalue weighted by Crippen LogP contribution is -2.44. The number of hydrogen-bond acceptors (Lipinski definition) is 7. The van der Waals surface area contributed by atoms with Crippen LogP contribution in [0.25, 0.3) is 10.4 Å². The maximum atomic E-state index is 11.1. The molecular formula is C12H23N3O6. The number of ether oxygens (including phenoxy) is 1. The van der Waals surface area contributed by atoms with Crippen molar-refractivity contribution in [1.29, 1.82) is 0 Å². The molecule has 0 unspecified atom stereocenters. The monoisotopic (exact) mass is 305 g/mol. The third-order valence-corrected chi connectivity index (χ3v) is 2.89. The van der Waals surface area contributed by atoms with Gasteiger partial charge in [0, 0.05) is 18.1 Å². The molecule has 0 aromatic heterocycles. The predicted octanol–water partition coefficient (Wildman–Crippen LogP) is -0.482. The number of aliphatic hydroxyl groups is 4. The first kappa shape index (κ1) is 19.8. The molecule has 4 N–H and O–H groups in total. The lowest BCUT2D eigenvalue weighted by Gasteiger charge is -2.22. The van der Waals surface area contributed by atoms with Gasteiger partial charge in [-0.3, -0.25) is 4.79 Å². The summed E-state index contributed by atoms with van der Waals surface area (Å²) in [6.07, 6.45) is -0.215. The smallest absolute Gasteiger partial charge is 0.189 e. The molecule has 0 aliphatic carbocycles. The molecule has 0 aliphatic rings. The van der Waals surface area contributed by atoms with E-state index in [1.807, 2.05) is 0 Å². The van der Waals surface area contributed by atoms with E-state index in [1.165, 1.54) is 0 Å². The van der Waals surface area contributed by atoms with Crippen molar-refractivity contribution < 1.29 is 30.0 Å². The Morgan fingerprint density at radius 2 is 1.86 bits per heavy atom. The summed E-state index contributed by atoms with van der Waals surface area (Å²) >= 11 is 0. The number of nitrogens with zero attached hydrogens (tertiary/aromatic N) is 3. The van der Waals surface area contributed by atoms with Crippen LogP contribution in [-0.2, 0) is 9.53 Å². The first-order valence-electron chi connectivity index (χ1n) is 6.81. The number of azide groups is 1. The third kappa shape index (κ3) is 8.61. The lowest BCUT2D eigenvalue weighted by atomic mass is 10.0. The zero-order chi connectivity index (χ0) is 16.1. The standard InChI is InChI=1S/C12H23N3O6/c13-15-14-9(11(19)12(20)10(18)7-17)8-21-6-4-2-1-3-5-16/h9,11-12,16-17,19-20H,1-8H2/t9-,11-,12-/m1/s1. The van der Waals surface area contributed by atoms with Crippen LogP contribution in [0.3, 0.4) is 0 Å². The van der Waals surface area contributed by atoms with E-state index >= 15 is 0 Å². The summed E-state index contributed by atoms with van der Waals surface area (Å²) in [6, 6.07) is -1.11. The predicted molar refractivity (Wildman–Crippen MR) is 73.4 cm³/mol. The second-order valence-corrected chi connectivity index (χ2v) is 4.54. The minimum absolute atomic E-state index is 0.138. The van der Waals surface area contributed by atoms with Crippen LogP contribution in [0.2, 0.25) is 0 Å². The van der Waals surface area contributed by atoms with E-state index in [2.05, 4.69) is 10.0 Å². The average Bonchev–Trinajstić information content (AvgIpc) is 2.50. The summed E-state index contributed by atoms with van der Waals surface area (Å²) in [4.78, 5) is 13.6. The van der Waals surface area contributed by atoms with Crippen molar-refractivity contribution in [3.05, 3.63) is 10.4 Å². The highest BCUT2D eigenvalue weighted by Crippen LogP contribution is 2.08. The summed E-state index contributed by atoms with van der Waals surface area (Å²) in [7, 11) is 0. The van der Waals surface area contributed by atoms with Crippen molar-refractivity contribution in [2.24, 2.45) is 5.11 Å². The Balaban J connectivity index is 4.12. The maximum Gasteiger partial charge on any atom is 0.189 e. The molecule has 9 nitrogen and oxygen atoms in total. The van der Waals surface area contributed by atoms with Gasteiger partial charge in [0.05, 0.1) is 18.8 Å². The Labute approximate surface area is 122 Å². The summed E-state index contributed by atoms with van der Waals surface area (Å²) in [5.74, 6) is -0.954. The Kier molecular flexibility index (Phi) is 11.8. The largest absolute Gasteiger partial charge is 0.396 e. The van der Waals surface area contributed by atoms with E-state index < -0.39 is 30.6 Å². The van der Waals surface area contributed by atoms with Gasteiger partial charge in [0.1, 0.15) is 12.7 Å². The van der Waals surface area contributed by atoms with Crippen LogP contribution in [0.4, 0.5) is 0 Å². The van der Waals surface area contributed by atoms with Crippen molar-refractivity contribution in [1.82, 2.24) is 0 Å². The fourth-order valence-electron chi connectivity index (χ4n) is 1.63. The number of carbonyl (C=O) groups is 1. The summed E-state index contributed by atoms with van der Waals surface area (Å²) in [5.41, 5.74) is 8.42. The Hall–Kier alpha value is -1.22. The molecule has 0 amide bonds. The molecule has 0 saturated carbocycles. The molecule has 0 radical (unpaired) electrons. The summed E-state index contributed by atoms with van der Waals surface area (Å²) in [6.45, 7) is -0.518. The molecule has 0 aromatic carbocycles. The molecule has 0 bridgehead atoms. The van der Waals surface area contributed by atoms with E-state index in [9.17, 15) is 15.0 Å². The Morgan fingerprint density at radius 3 is 2.43 bits per heavy atom. The van der Waals surface area contributed by atoms with Crippen molar-refractivity contribution in [2.75, 3.05) is 26.4 Å². The molecule has 122 valence electrons. The fraction of sp³-hybridized carbons (Fsp3) is 0.917. The highest BCUT2D eigenvalue weighted by Gasteiger charge is 2.30. The van der Waals surface area contributed by atoms with Gasteiger partial charge < -0.3 is 25.2 Å². The second-order valence-electron chi connectivity index (χ2n) is 4.54. The number of carbonyl (C=O) groups excluding carboxylic acids is 1. The van der Waals surface area contributed by atoms with Gasteiger partial charge in [-0.15, -0.1) is 0 Å². The van der Waals surface area contributed by atoms with Gasteiger partial charge in [-0.05, 0) is 18.4 Å². The molecule has 0 saturated heterocycles. The first-order chi connectivity index (χ1) is 10.1. The number of Topliss-reactive ketones (excluding diaryl/α,β-unsaturated/α-hetero) is 1. The summed E-state index contributed by atoms with van der Waals surface area (Å²) < 4.78 is 5.24. The number of rotatable bonds is 13. The van der Waals surface area contributed by atoms with Crippen LogP contribution in [0.5, 0.6) is 0 Å². The molecule has 0 spiro atoms. The van der Waals surface area contributed by atoms with Crippen LogP contribution < -0.4 is 0 Å². The van der Waals surface area contributed by atoms with E-state index in [0.29, 0.717) is 6.61 Å². The summed E-state index contributed by atoms with van der Waals surface area (Å²) in [5, 5.41) is 39.7. The minimum Gasteiger partial charge on any atom is -0.396 e. The van der Waals surface area contributed by atoms with Gasteiger partial charge >= 0.3 is 0 Å². The Bertz CT molecular complexity index is 335. The first-order valence-corrected chi connectivity index (χ1v) is 6.81. The van der Waals surface area contributed by atoms with Gasteiger partial charge in [0.25, 0.3) is 0 Å². The minimum atomic E-state index is -1.82. The zero-order valence-corrected chi connectivity index (χ0v) is 11.8. The number of ketones is 1. The molecule has 21 heavy (non-hydrogen) atoms. The molecule has 0 fully saturated rings. The zero-order valence-electron chi connectivity index (χ0n) is 11.8. The van der Waals surface area contributed by atoms with Crippen molar-refractivity contribution in [3.8, 4) is 0 Å². The molecule has 0 rings (SSSR count). The van der Waals surface area contributed by atoms with E-state index in [0.717, 1.165) is 25.7 Å². The van der Waals surface area contributed by atoms with Crippen LogP contribution in [0.1, 0.15) is 25.7 Å². The fourth-order valence-corrected chi connectivity index (χ4v) is 1.63. The molecule has 9 heteroatoms. The maximum absolute atomic E-state index is 11.1. The topological polar surface area (TPSA) is 156 Å². The van der Waals surface area contributed by atoms with E-state index in [-0.39, 0.29) is 13.2 Å². The molecule has 0 heterocycles. The van der Waals surface area contributed by atoms with Crippen molar-refractivity contribution >= 4 is 5.78 Å². The number of hydrogen-bond donors (Lipinski definition) is 4. The highest BCUT2D eigenvalue weighted by atomic mass is 16.5. The number of unbranched alkanes of at least 4 members (excludes halogenated alkanes) is 3. The second kappa shape index (κ2) is 12.5. The van der Waals surface area contributed by atoms with Crippen LogP contribution in [0.15, 0.2) is 5.11 Å². The van der Waals surface area contributed by atoms with Gasteiger partial charge in [-0.1, -0.05) is 18.0 Å². The van der Waals surface area contributed by atoms with Gasteiger partial charge in [0.2, 0.25) is 0 Å². The van der Waals surface area contributed by atoms with Crippen LogP contribution >= 0.6 is 0 Å². The normalized spacial score (nSPS) is 15.0.